The molecule has 1 saturated heterocycles. The maximum Gasteiger partial charge on any atom is 0.244 e. The average Bonchev–Trinajstić information content (AvgIpc) is 3.12. The molecular formula is C22H22BrClN2O2S. The van der Waals surface area contributed by atoms with E-state index in [4.69, 9.17) is 11.6 Å². The van der Waals surface area contributed by atoms with Crippen LogP contribution in [0, 0.1) is 0 Å². The van der Waals surface area contributed by atoms with Gasteiger partial charge in [0.25, 0.3) is 0 Å². The van der Waals surface area contributed by atoms with Gasteiger partial charge < -0.3 is 10.2 Å². The highest BCUT2D eigenvalue weighted by Gasteiger charge is 2.18. The number of likely N-dealkylation sites (tertiary alicyclic amines) is 1. The molecule has 0 bridgehead atoms. The molecule has 0 spiro atoms. The molecule has 0 unspecified atom stereocenters. The molecule has 1 aliphatic heterocycles. The maximum atomic E-state index is 12.0. The molecule has 0 atom stereocenters. The number of nitrogens with one attached hydrogen (secondary N) is 1. The van der Waals surface area contributed by atoms with Gasteiger partial charge in [0, 0.05) is 46.4 Å². The first-order valence-corrected chi connectivity index (χ1v) is 11.5. The molecule has 1 heterocycles. The standard InChI is InChI=1S/C22H22BrClN2O2S/c23-17-5-1-2-6-19(17)29-20-10-8-16(15-18(20)24)9-11-21(27)25-12-4-14-26-13-3-7-22(26)28/h1-2,5-6,8-11,15H,3-4,7,12-14H2,(H,25,27)/b11-9+. The van der Waals surface area contributed by atoms with Crippen molar-refractivity contribution in [1.82, 2.24) is 10.2 Å². The third-order valence-electron chi connectivity index (χ3n) is 4.52. The van der Waals surface area contributed by atoms with E-state index < -0.39 is 0 Å². The smallest absolute Gasteiger partial charge is 0.244 e. The van der Waals surface area contributed by atoms with Crippen molar-refractivity contribution in [2.45, 2.75) is 29.1 Å². The fourth-order valence-electron chi connectivity index (χ4n) is 3.00. The molecular weight excluding hydrogens is 472 g/mol. The van der Waals surface area contributed by atoms with Crippen molar-refractivity contribution >= 4 is 57.2 Å². The summed E-state index contributed by atoms with van der Waals surface area (Å²) in [6.07, 6.45) is 5.61. The van der Waals surface area contributed by atoms with Crippen molar-refractivity contribution in [3.8, 4) is 0 Å². The Bertz CT molecular complexity index is 919. The second-order valence-electron chi connectivity index (χ2n) is 6.68. The molecule has 3 rings (SSSR count). The lowest BCUT2D eigenvalue weighted by Gasteiger charge is -2.14. The van der Waals surface area contributed by atoms with Crippen molar-refractivity contribution in [3.05, 3.63) is 63.6 Å². The fourth-order valence-corrected chi connectivity index (χ4v) is 4.68. The van der Waals surface area contributed by atoms with Gasteiger partial charge in [-0.1, -0.05) is 41.6 Å². The zero-order valence-corrected chi connectivity index (χ0v) is 19.0. The Morgan fingerprint density at radius 1 is 1.24 bits per heavy atom. The van der Waals surface area contributed by atoms with E-state index in [9.17, 15) is 9.59 Å². The minimum Gasteiger partial charge on any atom is -0.352 e. The zero-order chi connectivity index (χ0) is 20.6. The lowest BCUT2D eigenvalue weighted by Crippen LogP contribution is -2.29. The summed E-state index contributed by atoms with van der Waals surface area (Å²) in [4.78, 5) is 27.4. The molecule has 2 amide bonds. The Kier molecular flexibility index (Phi) is 8.21. The zero-order valence-electron chi connectivity index (χ0n) is 15.9. The van der Waals surface area contributed by atoms with Gasteiger partial charge in [-0.05, 0) is 64.7 Å². The third-order valence-corrected chi connectivity index (χ3v) is 7.05. The number of hydrogen-bond acceptors (Lipinski definition) is 3. The van der Waals surface area contributed by atoms with E-state index in [1.54, 1.807) is 17.8 Å². The van der Waals surface area contributed by atoms with E-state index in [1.165, 1.54) is 6.08 Å². The number of amides is 2. The molecule has 152 valence electrons. The minimum absolute atomic E-state index is 0.152. The Labute approximate surface area is 188 Å². The van der Waals surface area contributed by atoms with Crippen molar-refractivity contribution in [2.75, 3.05) is 19.6 Å². The van der Waals surface area contributed by atoms with Crippen LogP contribution in [0.3, 0.4) is 0 Å². The van der Waals surface area contributed by atoms with Crippen molar-refractivity contribution < 1.29 is 9.59 Å². The van der Waals surface area contributed by atoms with E-state index in [0.717, 1.165) is 39.2 Å². The van der Waals surface area contributed by atoms with Gasteiger partial charge in [0.2, 0.25) is 11.8 Å². The largest absolute Gasteiger partial charge is 0.352 e. The van der Waals surface area contributed by atoms with Crippen LogP contribution in [0.2, 0.25) is 5.02 Å². The van der Waals surface area contributed by atoms with Crippen LogP contribution in [0.1, 0.15) is 24.8 Å². The van der Waals surface area contributed by atoms with Crippen LogP contribution in [0.5, 0.6) is 0 Å². The van der Waals surface area contributed by atoms with Gasteiger partial charge in [-0.3, -0.25) is 9.59 Å². The van der Waals surface area contributed by atoms with E-state index in [0.29, 0.717) is 24.5 Å². The van der Waals surface area contributed by atoms with Crippen LogP contribution in [0.4, 0.5) is 0 Å². The van der Waals surface area contributed by atoms with Gasteiger partial charge in [0.1, 0.15) is 0 Å². The van der Waals surface area contributed by atoms with E-state index in [1.807, 2.05) is 47.4 Å². The number of halogens is 2. The summed E-state index contributed by atoms with van der Waals surface area (Å²) in [5, 5.41) is 3.49. The van der Waals surface area contributed by atoms with Crippen molar-refractivity contribution in [2.24, 2.45) is 0 Å². The summed E-state index contributed by atoms with van der Waals surface area (Å²) < 4.78 is 1.02. The summed E-state index contributed by atoms with van der Waals surface area (Å²) in [6.45, 7) is 2.09. The van der Waals surface area contributed by atoms with Crippen molar-refractivity contribution in [1.29, 1.82) is 0 Å². The Morgan fingerprint density at radius 2 is 2.07 bits per heavy atom. The molecule has 2 aromatic rings. The van der Waals surface area contributed by atoms with Gasteiger partial charge >= 0.3 is 0 Å². The molecule has 1 fully saturated rings. The highest BCUT2D eigenvalue weighted by Crippen LogP contribution is 2.37. The maximum absolute atomic E-state index is 12.0. The quantitative estimate of drug-likeness (QED) is 0.396. The van der Waals surface area contributed by atoms with Crippen LogP contribution in [0.15, 0.2) is 62.8 Å². The summed E-state index contributed by atoms with van der Waals surface area (Å²) in [6, 6.07) is 13.7. The number of nitrogens with zero attached hydrogens (tertiary/aromatic N) is 1. The third kappa shape index (κ3) is 6.63. The fraction of sp³-hybridized carbons (Fsp3) is 0.273. The van der Waals surface area contributed by atoms with Crippen LogP contribution in [-0.4, -0.2) is 36.3 Å². The molecule has 0 aliphatic carbocycles. The van der Waals surface area contributed by atoms with Gasteiger partial charge in [-0.15, -0.1) is 0 Å². The summed E-state index contributed by atoms with van der Waals surface area (Å²) in [5.41, 5.74) is 0.865. The monoisotopic (exact) mass is 492 g/mol. The number of carbonyl (C=O) groups excluding carboxylic acids is 2. The van der Waals surface area contributed by atoms with Crippen LogP contribution < -0.4 is 5.32 Å². The van der Waals surface area contributed by atoms with Gasteiger partial charge in [-0.2, -0.15) is 0 Å². The van der Waals surface area contributed by atoms with Crippen molar-refractivity contribution in [3.63, 3.8) is 0 Å². The lowest BCUT2D eigenvalue weighted by atomic mass is 10.2. The van der Waals surface area contributed by atoms with E-state index in [2.05, 4.69) is 21.2 Å². The highest BCUT2D eigenvalue weighted by atomic mass is 79.9. The van der Waals surface area contributed by atoms with Crippen LogP contribution in [-0.2, 0) is 9.59 Å². The molecule has 29 heavy (non-hydrogen) atoms. The molecule has 0 saturated carbocycles. The number of rotatable bonds is 8. The minimum atomic E-state index is -0.152. The lowest BCUT2D eigenvalue weighted by molar-refractivity contribution is -0.127. The van der Waals surface area contributed by atoms with Gasteiger partial charge in [0.15, 0.2) is 0 Å². The molecule has 0 radical (unpaired) electrons. The second-order valence-corrected chi connectivity index (χ2v) is 9.03. The highest BCUT2D eigenvalue weighted by molar-refractivity contribution is 9.10. The summed E-state index contributed by atoms with van der Waals surface area (Å²) in [7, 11) is 0. The molecule has 2 aromatic carbocycles. The first-order valence-electron chi connectivity index (χ1n) is 9.48. The first kappa shape index (κ1) is 21.9. The number of carbonyl (C=O) groups is 2. The van der Waals surface area contributed by atoms with Crippen LogP contribution >= 0.6 is 39.3 Å². The SMILES string of the molecule is O=C(/C=C/c1ccc(Sc2ccccc2Br)c(Cl)c1)NCCCN1CCCC1=O. The second kappa shape index (κ2) is 10.9. The van der Waals surface area contributed by atoms with E-state index in [-0.39, 0.29) is 11.8 Å². The molecule has 1 aliphatic rings. The molecule has 4 nitrogen and oxygen atoms in total. The Hall–Kier alpha value is -1.76. The summed E-state index contributed by atoms with van der Waals surface area (Å²) in [5.74, 6) is 0.0647. The number of hydrogen-bond donors (Lipinski definition) is 1. The predicted octanol–water partition coefficient (Wildman–Crippen LogP) is 5.40. The van der Waals surface area contributed by atoms with E-state index >= 15 is 0 Å². The Morgan fingerprint density at radius 3 is 2.79 bits per heavy atom. The van der Waals surface area contributed by atoms with Crippen LogP contribution in [0.25, 0.3) is 6.08 Å². The number of benzene rings is 2. The summed E-state index contributed by atoms with van der Waals surface area (Å²) >= 11 is 11.6. The molecule has 1 N–H and O–H groups in total. The normalized spacial score (nSPS) is 14.0. The Balaban J connectivity index is 1.47. The molecule has 0 aromatic heterocycles. The first-order chi connectivity index (χ1) is 14.0. The van der Waals surface area contributed by atoms with Gasteiger partial charge in [-0.25, -0.2) is 0 Å². The molecule has 7 heteroatoms. The van der Waals surface area contributed by atoms with Gasteiger partial charge in [0.05, 0.1) is 5.02 Å². The average molecular weight is 494 g/mol. The topological polar surface area (TPSA) is 49.4 Å². The predicted molar refractivity (Wildman–Crippen MR) is 122 cm³/mol.